The monoisotopic (exact) mass is 286 g/mol. The molecule has 1 aromatic heterocycles. The first-order chi connectivity index (χ1) is 7.44. The van der Waals surface area contributed by atoms with Gasteiger partial charge >= 0.3 is 0 Å². The van der Waals surface area contributed by atoms with E-state index in [1.165, 1.54) is 0 Å². The normalized spacial score (nSPS) is 11.6. The number of pyridine rings is 1. The molecule has 0 aliphatic heterocycles. The lowest BCUT2D eigenvalue weighted by Crippen LogP contribution is -2.24. The van der Waals surface area contributed by atoms with Crippen LogP contribution in [-0.4, -0.2) is 23.2 Å². The molecule has 0 atom stereocenters. The van der Waals surface area contributed by atoms with Gasteiger partial charge in [0.25, 0.3) is 0 Å². The number of aliphatic hydroxyl groups is 1. The van der Waals surface area contributed by atoms with E-state index in [1.54, 1.807) is 0 Å². The lowest BCUT2D eigenvalue weighted by Gasteiger charge is -2.24. The fourth-order valence-electron chi connectivity index (χ4n) is 1.38. The molecule has 0 spiro atoms. The first kappa shape index (κ1) is 13.5. The fourth-order valence-corrected chi connectivity index (χ4v) is 1.98. The van der Waals surface area contributed by atoms with Crippen LogP contribution in [0.3, 0.4) is 0 Å². The Morgan fingerprint density at radius 3 is 2.75 bits per heavy atom. The Hall–Kier alpha value is -0.610. The molecular weight excluding hydrogens is 268 g/mol. The third-order valence-corrected chi connectivity index (χ3v) is 3.11. The number of aryl methyl sites for hydroxylation is 1. The van der Waals surface area contributed by atoms with Gasteiger partial charge in [0.05, 0.1) is 4.47 Å². The van der Waals surface area contributed by atoms with Gasteiger partial charge in [-0.25, -0.2) is 4.98 Å². The average Bonchev–Trinajstić information content (AvgIpc) is 2.16. The molecule has 1 aromatic rings. The molecule has 0 saturated carbocycles. The van der Waals surface area contributed by atoms with Gasteiger partial charge in [-0.3, -0.25) is 0 Å². The van der Waals surface area contributed by atoms with E-state index >= 15 is 0 Å². The van der Waals surface area contributed by atoms with Crippen molar-refractivity contribution in [3.8, 4) is 0 Å². The summed E-state index contributed by atoms with van der Waals surface area (Å²) in [6.07, 6.45) is 2.62. The summed E-state index contributed by atoms with van der Waals surface area (Å²) >= 11 is 3.48. The highest BCUT2D eigenvalue weighted by atomic mass is 79.9. The van der Waals surface area contributed by atoms with Crippen LogP contribution in [0.5, 0.6) is 0 Å². The van der Waals surface area contributed by atoms with E-state index < -0.39 is 0 Å². The average molecular weight is 287 g/mol. The molecule has 0 fully saturated rings. The third-order valence-electron chi connectivity index (χ3n) is 2.50. The van der Waals surface area contributed by atoms with Gasteiger partial charge in [0.1, 0.15) is 5.82 Å². The smallest absolute Gasteiger partial charge is 0.140 e. The van der Waals surface area contributed by atoms with Gasteiger partial charge < -0.3 is 10.4 Å². The number of hydrogen-bond acceptors (Lipinski definition) is 3. The van der Waals surface area contributed by atoms with Gasteiger partial charge in [0.15, 0.2) is 0 Å². The van der Waals surface area contributed by atoms with Gasteiger partial charge in [-0.15, -0.1) is 0 Å². The van der Waals surface area contributed by atoms with Gasteiger partial charge in [0.2, 0.25) is 0 Å². The van der Waals surface area contributed by atoms with Gasteiger partial charge in [0, 0.05) is 19.3 Å². The summed E-state index contributed by atoms with van der Waals surface area (Å²) in [5, 5.41) is 12.2. The second kappa shape index (κ2) is 5.64. The number of aliphatic hydroxyl groups excluding tert-OH is 1. The summed E-state index contributed by atoms with van der Waals surface area (Å²) in [5.41, 5.74) is 1.20. The van der Waals surface area contributed by atoms with Crippen molar-refractivity contribution in [2.75, 3.05) is 18.5 Å². The fraction of sp³-hybridized carbons (Fsp3) is 0.583. The number of halogens is 1. The molecule has 0 unspecified atom stereocenters. The predicted octanol–water partition coefficient (Wildman–Crippen LogP) is 2.97. The van der Waals surface area contributed by atoms with Crippen molar-refractivity contribution in [3.63, 3.8) is 0 Å². The van der Waals surface area contributed by atoms with E-state index in [0.717, 1.165) is 28.8 Å². The highest BCUT2D eigenvalue weighted by Crippen LogP contribution is 2.24. The Bertz CT molecular complexity index is 353. The van der Waals surface area contributed by atoms with Crippen molar-refractivity contribution in [2.45, 2.75) is 27.2 Å². The number of anilines is 1. The molecule has 3 nitrogen and oxygen atoms in total. The minimum absolute atomic E-state index is 0.0702. The minimum Gasteiger partial charge on any atom is -0.396 e. The maximum absolute atomic E-state index is 8.94. The highest BCUT2D eigenvalue weighted by Gasteiger charge is 2.17. The van der Waals surface area contributed by atoms with E-state index in [1.807, 2.05) is 19.2 Å². The topological polar surface area (TPSA) is 45.2 Å². The minimum atomic E-state index is 0.0702. The van der Waals surface area contributed by atoms with Crippen LogP contribution in [0.25, 0.3) is 0 Å². The molecule has 0 amide bonds. The molecule has 1 rings (SSSR count). The largest absolute Gasteiger partial charge is 0.396 e. The molecule has 4 heteroatoms. The Labute approximate surface area is 105 Å². The predicted molar refractivity (Wildman–Crippen MR) is 70.6 cm³/mol. The lowest BCUT2D eigenvalue weighted by molar-refractivity contribution is 0.220. The maximum atomic E-state index is 8.94. The van der Waals surface area contributed by atoms with Crippen LogP contribution in [0.1, 0.15) is 25.8 Å². The Morgan fingerprint density at radius 1 is 1.50 bits per heavy atom. The number of nitrogens with zero attached hydrogens (tertiary/aromatic N) is 1. The van der Waals surface area contributed by atoms with Gasteiger partial charge in [-0.05, 0) is 46.3 Å². The van der Waals surface area contributed by atoms with Crippen LogP contribution < -0.4 is 5.32 Å². The van der Waals surface area contributed by atoms with Crippen molar-refractivity contribution >= 4 is 21.7 Å². The van der Waals surface area contributed by atoms with Crippen molar-refractivity contribution in [3.05, 3.63) is 22.3 Å². The first-order valence-corrected chi connectivity index (χ1v) is 6.21. The molecule has 0 aliphatic carbocycles. The van der Waals surface area contributed by atoms with E-state index in [2.05, 4.69) is 40.1 Å². The molecule has 1 heterocycles. The van der Waals surface area contributed by atoms with Crippen LogP contribution in [0.4, 0.5) is 5.82 Å². The molecule has 2 N–H and O–H groups in total. The molecular formula is C12H19BrN2O. The Morgan fingerprint density at radius 2 is 2.19 bits per heavy atom. The number of rotatable bonds is 5. The standard InChI is InChI=1S/C12H19BrN2O/c1-9-6-10(13)11(14-7-9)15-8-12(2,3)4-5-16/h6-7,16H,4-5,8H2,1-3H3,(H,14,15). The molecule has 0 bridgehead atoms. The second-order valence-electron chi connectivity index (χ2n) is 4.83. The summed E-state index contributed by atoms with van der Waals surface area (Å²) in [6, 6.07) is 2.04. The highest BCUT2D eigenvalue weighted by molar-refractivity contribution is 9.10. The summed E-state index contributed by atoms with van der Waals surface area (Å²) in [6.45, 7) is 7.27. The first-order valence-electron chi connectivity index (χ1n) is 5.41. The molecule has 0 aromatic carbocycles. The summed E-state index contributed by atoms with van der Waals surface area (Å²) in [4.78, 5) is 4.32. The Balaban J connectivity index is 2.61. The molecule has 16 heavy (non-hydrogen) atoms. The van der Waals surface area contributed by atoms with E-state index in [0.29, 0.717) is 0 Å². The quantitative estimate of drug-likeness (QED) is 0.875. The van der Waals surface area contributed by atoms with E-state index in [-0.39, 0.29) is 12.0 Å². The number of hydrogen-bond donors (Lipinski definition) is 2. The van der Waals surface area contributed by atoms with Crippen LogP contribution in [0.2, 0.25) is 0 Å². The van der Waals surface area contributed by atoms with Crippen molar-refractivity contribution in [1.82, 2.24) is 4.98 Å². The number of nitrogens with one attached hydrogen (secondary N) is 1. The van der Waals surface area contributed by atoms with Crippen molar-refractivity contribution in [1.29, 1.82) is 0 Å². The second-order valence-corrected chi connectivity index (χ2v) is 5.69. The van der Waals surface area contributed by atoms with Crippen LogP contribution in [0, 0.1) is 12.3 Å². The van der Waals surface area contributed by atoms with Crippen LogP contribution >= 0.6 is 15.9 Å². The van der Waals surface area contributed by atoms with Gasteiger partial charge in [-0.2, -0.15) is 0 Å². The van der Waals surface area contributed by atoms with E-state index in [9.17, 15) is 0 Å². The lowest BCUT2D eigenvalue weighted by atomic mass is 9.90. The molecule has 0 aliphatic rings. The Kier molecular flexibility index (Phi) is 4.74. The van der Waals surface area contributed by atoms with Crippen molar-refractivity contribution < 1.29 is 5.11 Å². The molecule has 0 saturated heterocycles. The van der Waals surface area contributed by atoms with Crippen molar-refractivity contribution in [2.24, 2.45) is 5.41 Å². The third kappa shape index (κ3) is 4.10. The summed E-state index contributed by atoms with van der Waals surface area (Å²) in [5.74, 6) is 0.858. The zero-order valence-corrected chi connectivity index (χ0v) is 11.6. The zero-order chi connectivity index (χ0) is 12.2. The number of aromatic nitrogens is 1. The molecule has 0 radical (unpaired) electrons. The van der Waals surface area contributed by atoms with E-state index in [4.69, 9.17) is 5.11 Å². The molecule has 90 valence electrons. The van der Waals surface area contributed by atoms with Crippen LogP contribution in [-0.2, 0) is 0 Å². The maximum Gasteiger partial charge on any atom is 0.140 e. The summed E-state index contributed by atoms with van der Waals surface area (Å²) in [7, 11) is 0. The zero-order valence-electron chi connectivity index (χ0n) is 10.0. The summed E-state index contributed by atoms with van der Waals surface area (Å²) < 4.78 is 0.979. The SMILES string of the molecule is Cc1cnc(NCC(C)(C)CCO)c(Br)c1. The van der Waals surface area contributed by atoms with Gasteiger partial charge in [-0.1, -0.05) is 13.8 Å². The van der Waals surface area contributed by atoms with Crippen LogP contribution in [0.15, 0.2) is 16.7 Å².